The van der Waals surface area contributed by atoms with E-state index in [1.54, 1.807) is 6.07 Å². The topological polar surface area (TPSA) is 90.2 Å². The minimum absolute atomic E-state index is 0. The van der Waals surface area contributed by atoms with Crippen LogP contribution in [0.25, 0.3) is 11.1 Å². The fourth-order valence-electron chi connectivity index (χ4n) is 3.29. The lowest BCUT2D eigenvalue weighted by atomic mass is 9.89. The third-order valence-electron chi connectivity index (χ3n) is 4.61. The number of nitro groups is 1. The Labute approximate surface area is 142 Å². The highest BCUT2D eigenvalue weighted by atomic mass is 16.6. The summed E-state index contributed by atoms with van der Waals surface area (Å²) < 4.78 is 0. The summed E-state index contributed by atoms with van der Waals surface area (Å²) in [5.41, 5.74) is 2.65. The second kappa shape index (κ2) is 8.45. The van der Waals surface area contributed by atoms with Gasteiger partial charge < -0.3 is 11.5 Å². The van der Waals surface area contributed by atoms with E-state index in [2.05, 4.69) is 5.32 Å². The van der Waals surface area contributed by atoms with Gasteiger partial charge in [-0.1, -0.05) is 55.7 Å². The van der Waals surface area contributed by atoms with Gasteiger partial charge in [0.05, 0.1) is 4.92 Å². The summed E-state index contributed by atoms with van der Waals surface area (Å²) in [6.07, 6.45) is 6.33. The van der Waals surface area contributed by atoms with Crippen LogP contribution in [0.2, 0.25) is 0 Å². The zero-order chi connectivity index (χ0) is 16.1. The van der Waals surface area contributed by atoms with Crippen molar-refractivity contribution in [2.45, 2.75) is 32.1 Å². The first kappa shape index (κ1) is 17.9. The zero-order valence-corrected chi connectivity index (χ0v) is 13.9. The minimum atomic E-state index is -0.296. The van der Waals surface area contributed by atoms with Crippen molar-refractivity contribution in [2.75, 3.05) is 11.9 Å². The molecule has 1 aliphatic carbocycles. The number of anilines is 1. The highest BCUT2D eigenvalue weighted by Crippen LogP contribution is 2.31. The van der Waals surface area contributed by atoms with Crippen molar-refractivity contribution in [2.24, 2.45) is 5.92 Å². The maximum Gasteiger partial charge on any atom is 0.292 e. The van der Waals surface area contributed by atoms with E-state index in [0.717, 1.165) is 17.7 Å². The summed E-state index contributed by atoms with van der Waals surface area (Å²) in [5.74, 6) is 0.636. The van der Waals surface area contributed by atoms with Crippen LogP contribution in [0.1, 0.15) is 32.1 Å². The number of rotatable bonds is 5. The molecule has 5 nitrogen and oxygen atoms in total. The van der Waals surface area contributed by atoms with Crippen molar-refractivity contribution in [3.8, 4) is 11.1 Å². The van der Waals surface area contributed by atoms with E-state index in [4.69, 9.17) is 0 Å². The molecular weight excluding hydrogens is 302 g/mol. The van der Waals surface area contributed by atoms with Gasteiger partial charge in [-0.15, -0.1) is 0 Å². The molecule has 1 fully saturated rings. The van der Waals surface area contributed by atoms with Crippen molar-refractivity contribution >= 4 is 11.4 Å². The van der Waals surface area contributed by atoms with Gasteiger partial charge in [-0.25, -0.2) is 0 Å². The number of nitrogens with zero attached hydrogens (tertiary/aromatic N) is 1. The Hall–Kier alpha value is -2.40. The van der Waals surface area contributed by atoms with E-state index >= 15 is 0 Å². The molecule has 1 aliphatic rings. The highest BCUT2D eigenvalue weighted by molar-refractivity contribution is 5.73. The Balaban J connectivity index is 0.00000208. The van der Waals surface area contributed by atoms with Gasteiger partial charge in [0.2, 0.25) is 0 Å². The fraction of sp³-hybridized carbons (Fsp3) is 0.368. The lowest BCUT2D eigenvalue weighted by molar-refractivity contribution is -0.383. The van der Waals surface area contributed by atoms with Crippen molar-refractivity contribution in [1.82, 2.24) is 6.15 Å². The van der Waals surface area contributed by atoms with Crippen molar-refractivity contribution in [1.29, 1.82) is 0 Å². The van der Waals surface area contributed by atoms with Crippen LogP contribution in [0.3, 0.4) is 0 Å². The molecule has 5 heteroatoms. The van der Waals surface area contributed by atoms with Crippen LogP contribution >= 0.6 is 0 Å². The monoisotopic (exact) mass is 327 g/mol. The summed E-state index contributed by atoms with van der Waals surface area (Å²) in [7, 11) is 0. The van der Waals surface area contributed by atoms with Gasteiger partial charge in [0, 0.05) is 12.6 Å². The number of benzene rings is 2. The lowest BCUT2D eigenvalue weighted by Crippen LogP contribution is -2.17. The van der Waals surface area contributed by atoms with E-state index in [9.17, 15) is 10.1 Å². The molecule has 0 aliphatic heterocycles. The number of nitro benzene ring substituents is 1. The third kappa shape index (κ3) is 4.32. The number of nitrogens with one attached hydrogen (secondary N) is 1. The maximum atomic E-state index is 11.4. The first-order valence-corrected chi connectivity index (χ1v) is 8.32. The van der Waals surface area contributed by atoms with Crippen LogP contribution in [0.15, 0.2) is 48.5 Å². The molecule has 0 heterocycles. The second-order valence-corrected chi connectivity index (χ2v) is 6.24. The van der Waals surface area contributed by atoms with E-state index < -0.39 is 0 Å². The van der Waals surface area contributed by atoms with E-state index in [1.165, 1.54) is 32.1 Å². The van der Waals surface area contributed by atoms with Crippen LogP contribution in [-0.4, -0.2) is 11.5 Å². The van der Waals surface area contributed by atoms with E-state index in [-0.39, 0.29) is 16.8 Å². The molecule has 0 spiro atoms. The molecule has 2 aromatic rings. The Morgan fingerprint density at radius 2 is 1.71 bits per heavy atom. The van der Waals surface area contributed by atoms with Gasteiger partial charge in [-0.2, -0.15) is 0 Å². The molecule has 1 saturated carbocycles. The molecule has 128 valence electrons. The van der Waals surface area contributed by atoms with Crippen LogP contribution in [0.5, 0.6) is 0 Å². The average molecular weight is 327 g/mol. The zero-order valence-electron chi connectivity index (χ0n) is 13.9. The quantitative estimate of drug-likeness (QED) is 0.567. The Bertz CT molecular complexity index is 668. The Morgan fingerprint density at radius 1 is 1.00 bits per heavy atom. The van der Waals surface area contributed by atoms with Gasteiger partial charge in [-0.05, 0) is 36.0 Å². The Morgan fingerprint density at radius 3 is 2.38 bits per heavy atom. The molecule has 0 aromatic heterocycles. The minimum Gasteiger partial charge on any atom is -0.379 e. The van der Waals surface area contributed by atoms with E-state index in [1.807, 2.05) is 42.5 Å². The normalized spacial score (nSPS) is 14.7. The smallest absolute Gasteiger partial charge is 0.292 e. The highest BCUT2D eigenvalue weighted by Gasteiger charge is 2.18. The molecule has 0 unspecified atom stereocenters. The van der Waals surface area contributed by atoms with Crippen LogP contribution in [0, 0.1) is 16.0 Å². The van der Waals surface area contributed by atoms with Crippen LogP contribution in [-0.2, 0) is 0 Å². The summed E-state index contributed by atoms with van der Waals surface area (Å²) >= 11 is 0. The van der Waals surface area contributed by atoms with Gasteiger partial charge in [-0.3, -0.25) is 10.1 Å². The molecule has 0 atom stereocenters. The maximum absolute atomic E-state index is 11.4. The molecule has 24 heavy (non-hydrogen) atoms. The number of hydrogen-bond donors (Lipinski definition) is 2. The third-order valence-corrected chi connectivity index (χ3v) is 4.61. The predicted octanol–water partition coefficient (Wildman–Crippen LogP) is 5.42. The molecule has 2 aromatic carbocycles. The Kier molecular flexibility index (Phi) is 6.32. The molecule has 3 rings (SSSR count). The van der Waals surface area contributed by atoms with Gasteiger partial charge in [0.15, 0.2) is 0 Å². The van der Waals surface area contributed by atoms with Gasteiger partial charge >= 0.3 is 0 Å². The molecule has 4 N–H and O–H groups in total. The molecule has 0 saturated heterocycles. The summed E-state index contributed by atoms with van der Waals surface area (Å²) in [6, 6.07) is 15.2. The van der Waals surface area contributed by atoms with Crippen molar-refractivity contribution in [3.05, 3.63) is 58.6 Å². The van der Waals surface area contributed by atoms with Gasteiger partial charge in [0.25, 0.3) is 5.69 Å². The summed E-state index contributed by atoms with van der Waals surface area (Å²) in [4.78, 5) is 11.1. The summed E-state index contributed by atoms with van der Waals surface area (Å²) in [6.45, 7) is 0.825. The molecule has 0 radical (unpaired) electrons. The molecule has 0 bridgehead atoms. The average Bonchev–Trinajstić information content (AvgIpc) is 2.61. The van der Waals surface area contributed by atoms with Crippen molar-refractivity contribution < 1.29 is 4.92 Å². The lowest BCUT2D eigenvalue weighted by Gasteiger charge is -2.22. The molecular formula is C19H25N3O2. The first-order chi connectivity index (χ1) is 11.2. The second-order valence-electron chi connectivity index (χ2n) is 6.24. The first-order valence-electron chi connectivity index (χ1n) is 8.32. The fourth-order valence-corrected chi connectivity index (χ4v) is 3.29. The molecule has 0 amide bonds. The predicted molar refractivity (Wildman–Crippen MR) is 98.6 cm³/mol. The SMILES string of the molecule is N.O=[N+]([O-])c1cc(-c2ccccc2)ccc1NCC1CCCCC1. The standard InChI is InChI=1S/C19H22N2O2.H3N/c22-21(23)19-13-17(16-9-5-2-6-10-16)11-12-18(19)20-14-15-7-3-1-4-8-15;/h2,5-6,9-13,15,20H,1,3-4,7-8,14H2;1H3. The number of hydrogen-bond acceptors (Lipinski definition) is 4. The summed E-state index contributed by atoms with van der Waals surface area (Å²) in [5, 5.41) is 14.7. The van der Waals surface area contributed by atoms with Crippen LogP contribution in [0.4, 0.5) is 11.4 Å². The van der Waals surface area contributed by atoms with Crippen molar-refractivity contribution in [3.63, 3.8) is 0 Å². The van der Waals surface area contributed by atoms with Gasteiger partial charge in [0.1, 0.15) is 5.69 Å². The van der Waals surface area contributed by atoms with E-state index in [0.29, 0.717) is 11.6 Å². The largest absolute Gasteiger partial charge is 0.379 e. The van der Waals surface area contributed by atoms with Crippen LogP contribution < -0.4 is 11.5 Å².